The third-order valence-corrected chi connectivity index (χ3v) is 5.17. The van der Waals surface area contributed by atoms with Crippen LogP contribution < -0.4 is 10.6 Å². The molecular weight excluding hydrogens is 481 g/mol. The zero-order valence-corrected chi connectivity index (χ0v) is 20.2. The molecule has 3 heterocycles. The third-order valence-electron chi connectivity index (χ3n) is 5.17. The van der Waals surface area contributed by atoms with Crippen LogP contribution in [-0.4, -0.2) is 39.0 Å². The summed E-state index contributed by atoms with van der Waals surface area (Å²) in [6.07, 6.45) is 7.29. The van der Waals surface area contributed by atoms with Gasteiger partial charge in [-0.15, -0.1) is 34.2 Å². The van der Waals surface area contributed by atoms with E-state index >= 15 is 0 Å². The van der Waals surface area contributed by atoms with E-state index < -0.39 is 0 Å². The van der Waals surface area contributed by atoms with Gasteiger partial charge in [0.1, 0.15) is 17.4 Å². The molecule has 162 valence electrons. The Labute approximate surface area is 190 Å². The number of nitrogens with one attached hydrogen (secondary N) is 2. The van der Waals surface area contributed by atoms with Crippen LogP contribution in [0.3, 0.4) is 0 Å². The van der Waals surface area contributed by atoms with Crippen LogP contribution in [0.25, 0.3) is 0 Å². The molecule has 1 aliphatic heterocycles. The highest BCUT2D eigenvalue weighted by molar-refractivity contribution is 14.0. The van der Waals surface area contributed by atoms with Crippen molar-refractivity contribution in [3.8, 4) is 0 Å². The first-order valence-electron chi connectivity index (χ1n) is 10.7. The predicted octanol–water partition coefficient (Wildman–Crippen LogP) is 3.03. The molecule has 29 heavy (non-hydrogen) atoms. The molecular formula is C20H34IN7O. The Morgan fingerprint density at radius 2 is 1.97 bits per heavy atom. The minimum Gasteiger partial charge on any atom is -0.361 e. The molecule has 1 aliphatic rings. The number of hydrogen-bond acceptors (Lipinski definition) is 5. The number of nitrogens with zero attached hydrogens (tertiary/aromatic N) is 5. The van der Waals surface area contributed by atoms with E-state index in [2.05, 4.69) is 51.3 Å². The molecule has 3 rings (SSSR count). The van der Waals surface area contributed by atoms with Crippen molar-refractivity contribution < 1.29 is 4.52 Å². The molecule has 0 unspecified atom stereocenters. The predicted molar refractivity (Wildman–Crippen MR) is 125 cm³/mol. The quantitative estimate of drug-likeness (QED) is 0.319. The van der Waals surface area contributed by atoms with Crippen LogP contribution in [0.4, 0.5) is 0 Å². The topological polar surface area (TPSA) is 93.2 Å². The fraction of sp³-hybridized carbons (Fsp3) is 0.700. The monoisotopic (exact) mass is 515 g/mol. The van der Waals surface area contributed by atoms with Crippen LogP contribution in [-0.2, 0) is 38.8 Å². The normalized spacial score (nSPS) is 14.1. The highest BCUT2D eigenvalue weighted by atomic mass is 127. The Morgan fingerprint density at radius 1 is 1.10 bits per heavy atom. The van der Waals surface area contributed by atoms with Crippen LogP contribution >= 0.6 is 24.0 Å². The number of aromatic nitrogens is 4. The van der Waals surface area contributed by atoms with Crippen molar-refractivity contribution in [3.63, 3.8) is 0 Å². The Bertz CT molecular complexity index is 762. The van der Waals surface area contributed by atoms with Gasteiger partial charge in [-0.1, -0.05) is 25.4 Å². The van der Waals surface area contributed by atoms with Crippen LogP contribution in [0.1, 0.15) is 68.7 Å². The Hall–Kier alpha value is -1.65. The van der Waals surface area contributed by atoms with Crippen molar-refractivity contribution in [1.29, 1.82) is 0 Å². The lowest BCUT2D eigenvalue weighted by Gasteiger charge is -2.12. The zero-order chi connectivity index (χ0) is 19.8. The van der Waals surface area contributed by atoms with Crippen molar-refractivity contribution in [3.05, 3.63) is 28.7 Å². The lowest BCUT2D eigenvalue weighted by Crippen LogP contribution is -2.38. The Kier molecular flexibility index (Phi) is 9.89. The van der Waals surface area contributed by atoms with Crippen LogP contribution in [0, 0.1) is 0 Å². The standard InChI is InChI=1S/C20H33N7O.HI/c1-4-16-15(17(5-2)28-26-16)14-23-20(21-6-3)22-12-11-19-25-24-18-10-8-7-9-13-27(18)19;/h4-14H2,1-3H3,(H2,21,22,23);1H. The van der Waals surface area contributed by atoms with Gasteiger partial charge in [-0.3, -0.25) is 0 Å². The molecule has 0 fully saturated rings. The second-order valence-electron chi connectivity index (χ2n) is 7.10. The van der Waals surface area contributed by atoms with Crippen LogP contribution in [0.2, 0.25) is 0 Å². The second-order valence-corrected chi connectivity index (χ2v) is 7.10. The molecule has 0 spiro atoms. The fourth-order valence-electron chi connectivity index (χ4n) is 3.64. The van der Waals surface area contributed by atoms with E-state index in [4.69, 9.17) is 9.52 Å². The number of hydrogen-bond donors (Lipinski definition) is 2. The van der Waals surface area contributed by atoms with E-state index in [1.165, 1.54) is 19.3 Å². The zero-order valence-electron chi connectivity index (χ0n) is 17.8. The van der Waals surface area contributed by atoms with Gasteiger partial charge >= 0.3 is 0 Å². The first-order valence-corrected chi connectivity index (χ1v) is 10.7. The van der Waals surface area contributed by atoms with Gasteiger partial charge < -0.3 is 19.7 Å². The fourth-order valence-corrected chi connectivity index (χ4v) is 3.64. The number of fused-ring (bicyclic) bond motifs is 1. The van der Waals surface area contributed by atoms with E-state index in [-0.39, 0.29) is 24.0 Å². The van der Waals surface area contributed by atoms with Crippen molar-refractivity contribution in [2.45, 2.75) is 78.8 Å². The summed E-state index contributed by atoms with van der Waals surface area (Å²) in [6, 6.07) is 0. The molecule has 0 amide bonds. The second kappa shape index (κ2) is 12.1. The van der Waals surface area contributed by atoms with Gasteiger partial charge in [0.2, 0.25) is 0 Å². The number of guanidine groups is 1. The lowest BCUT2D eigenvalue weighted by molar-refractivity contribution is 0.380. The van der Waals surface area contributed by atoms with Gasteiger partial charge in [0.05, 0.1) is 12.2 Å². The maximum Gasteiger partial charge on any atom is 0.191 e. The van der Waals surface area contributed by atoms with Gasteiger partial charge in [0.25, 0.3) is 0 Å². The maximum absolute atomic E-state index is 5.44. The molecule has 2 aromatic heterocycles. The summed E-state index contributed by atoms with van der Waals surface area (Å²) in [7, 11) is 0. The third kappa shape index (κ3) is 6.16. The largest absolute Gasteiger partial charge is 0.361 e. The molecule has 0 aliphatic carbocycles. The summed E-state index contributed by atoms with van der Waals surface area (Å²) in [5, 5.41) is 19.7. The molecule has 0 saturated carbocycles. The average Bonchev–Trinajstić information content (AvgIpc) is 3.21. The van der Waals surface area contributed by atoms with E-state index in [1.54, 1.807) is 0 Å². The maximum atomic E-state index is 5.44. The van der Waals surface area contributed by atoms with Crippen molar-refractivity contribution in [1.82, 2.24) is 30.6 Å². The first kappa shape index (κ1) is 23.6. The minimum absolute atomic E-state index is 0. The summed E-state index contributed by atoms with van der Waals surface area (Å²) < 4.78 is 7.75. The summed E-state index contributed by atoms with van der Waals surface area (Å²) in [4.78, 5) is 4.75. The molecule has 9 heteroatoms. The van der Waals surface area contributed by atoms with E-state index in [0.717, 1.165) is 79.9 Å². The molecule has 2 aromatic rings. The molecule has 0 radical (unpaired) electrons. The lowest BCUT2D eigenvalue weighted by atomic mass is 10.1. The van der Waals surface area contributed by atoms with E-state index in [9.17, 15) is 0 Å². The van der Waals surface area contributed by atoms with Gasteiger partial charge in [0.15, 0.2) is 5.96 Å². The van der Waals surface area contributed by atoms with Gasteiger partial charge in [0, 0.05) is 44.5 Å². The Morgan fingerprint density at radius 3 is 2.72 bits per heavy atom. The number of aliphatic imine (C=N–C) groups is 1. The summed E-state index contributed by atoms with van der Waals surface area (Å²) >= 11 is 0. The van der Waals surface area contributed by atoms with Crippen LogP contribution in [0.5, 0.6) is 0 Å². The molecule has 0 bridgehead atoms. The van der Waals surface area contributed by atoms with Crippen molar-refractivity contribution in [2.75, 3.05) is 13.1 Å². The Balaban J connectivity index is 0.00000300. The van der Waals surface area contributed by atoms with Gasteiger partial charge in [-0.2, -0.15) is 0 Å². The van der Waals surface area contributed by atoms with Crippen molar-refractivity contribution >= 4 is 29.9 Å². The number of rotatable bonds is 8. The first-order chi connectivity index (χ1) is 13.8. The minimum atomic E-state index is 0. The van der Waals surface area contributed by atoms with Gasteiger partial charge in [-0.25, -0.2) is 4.99 Å². The van der Waals surface area contributed by atoms with Crippen LogP contribution in [0.15, 0.2) is 9.52 Å². The number of aryl methyl sites for hydroxylation is 3. The smallest absolute Gasteiger partial charge is 0.191 e. The average molecular weight is 515 g/mol. The van der Waals surface area contributed by atoms with Gasteiger partial charge in [-0.05, 0) is 26.2 Å². The van der Waals surface area contributed by atoms with E-state index in [1.807, 2.05) is 0 Å². The summed E-state index contributed by atoms with van der Waals surface area (Å²) in [6.45, 7) is 9.45. The molecule has 0 saturated heterocycles. The molecule has 2 N–H and O–H groups in total. The SMILES string of the molecule is CCNC(=NCc1c(CC)noc1CC)NCCc1nnc2n1CCCCC2.I. The summed E-state index contributed by atoms with van der Waals surface area (Å²) in [5.74, 6) is 3.95. The van der Waals surface area contributed by atoms with E-state index in [0.29, 0.717) is 6.54 Å². The molecule has 0 atom stereocenters. The van der Waals surface area contributed by atoms with Crippen molar-refractivity contribution in [2.24, 2.45) is 4.99 Å². The molecule has 8 nitrogen and oxygen atoms in total. The highest BCUT2D eigenvalue weighted by Gasteiger charge is 2.15. The molecule has 0 aromatic carbocycles. The number of halogens is 1. The summed E-state index contributed by atoms with van der Waals surface area (Å²) in [5.41, 5.74) is 2.12. The highest BCUT2D eigenvalue weighted by Crippen LogP contribution is 2.17.